The van der Waals surface area contributed by atoms with Gasteiger partial charge in [0.05, 0.1) is 5.02 Å². The zero-order chi connectivity index (χ0) is 10.0. The number of hydrogen-bond acceptors (Lipinski definition) is 1. The summed E-state index contributed by atoms with van der Waals surface area (Å²) in [6.45, 7) is 0. The van der Waals surface area contributed by atoms with E-state index in [0.29, 0.717) is 15.6 Å². The highest BCUT2D eigenvalue weighted by molar-refractivity contribution is 6.58. The van der Waals surface area contributed by atoms with E-state index < -0.39 is 0 Å². The fraction of sp³-hybridized carbons (Fsp3) is 0. The molecular formula is C8H4Cl4O. The van der Waals surface area contributed by atoms with Crippen molar-refractivity contribution in [3.05, 3.63) is 38.3 Å². The monoisotopic (exact) mass is 256 g/mol. The molecule has 0 saturated carbocycles. The topological polar surface area (TPSA) is 20.2 Å². The average molecular weight is 258 g/mol. The molecule has 0 atom stereocenters. The van der Waals surface area contributed by atoms with Crippen molar-refractivity contribution in [1.29, 1.82) is 0 Å². The van der Waals surface area contributed by atoms with E-state index in [-0.39, 0.29) is 10.3 Å². The zero-order valence-electron chi connectivity index (χ0n) is 6.19. The van der Waals surface area contributed by atoms with E-state index in [2.05, 4.69) is 0 Å². The van der Waals surface area contributed by atoms with E-state index in [4.69, 9.17) is 46.4 Å². The summed E-state index contributed by atoms with van der Waals surface area (Å²) in [5.74, 6) is -0.259. The van der Waals surface area contributed by atoms with Crippen LogP contribution in [0.5, 0.6) is 0 Å². The molecule has 0 aliphatic heterocycles. The predicted molar refractivity (Wildman–Crippen MR) is 57.7 cm³/mol. The second kappa shape index (κ2) is 4.43. The molecule has 0 fully saturated rings. The second-order valence-electron chi connectivity index (χ2n) is 2.23. The lowest BCUT2D eigenvalue weighted by Gasteiger charge is -2.03. The number of halogens is 4. The third-order valence-corrected chi connectivity index (χ3v) is 2.27. The highest BCUT2D eigenvalue weighted by Gasteiger charge is 2.08. The van der Waals surface area contributed by atoms with Gasteiger partial charge in [0.25, 0.3) is 0 Å². The Morgan fingerprint density at radius 2 is 1.77 bits per heavy atom. The molecule has 1 aromatic carbocycles. The maximum Gasteiger partial charge on any atom is 0.154 e. The van der Waals surface area contributed by atoms with Crippen molar-refractivity contribution in [3.8, 4) is 0 Å². The molecule has 5 heteroatoms. The van der Waals surface area contributed by atoms with Crippen LogP contribution >= 0.6 is 46.4 Å². The minimum Gasteiger partial charge on any atom is -0.505 e. The highest BCUT2D eigenvalue weighted by atomic mass is 35.5. The molecule has 0 radical (unpaired) electrons. The molecule has 13 heavy (non-hydrogen) atoms. The SMILES string of the molecule is OC(=C(Cl)Cl)c1ccc(Cl)cc1Cl. The van der Waals surface area contributed by atoms with Crippen LogP contribution in [0.3, 0.4) is 0 Å². The van der Waals surface area contributed by atoms with Gasteiger partial charge in [-0.15, -0.1) is 0 Å². The van der Waals surface area contributed by atoms with Gasteiger partial charge in [0.1, 0.15) is 4.49 Å². The number of aliphatic hydroxyl groups is 1. The van der Waals surface area contributed by atoms with E-state index in [1.165, 1.54) is 12.1 Å². The van der Waals surface area contributed by atoms with Gasteiger partial charge < -0.3 is 5.11 Å². The van der Waals surface area contributed by atoms with Crippen LogP contribution in [0.15, 0.2) is 22.7 Å². The molecule has 70 valence electrons. The summed E-state index contributed by atoms with van der Waals surface area (Å²) in [6.07, 6.45) is 0. The van der Waals surface area contributed by atoms with E-state index in [9.17, 15) is 5.11 Å². The molecule has 1 N–H and O–H groups in total. The predicted octanol–water partition coefficient (Wildman–Crippen LogP) is 4.66. The van der Waals surface area contributed by atoms with Gasteiger partial charge in [-0.2, -0.15) is 0 Å². The zero-order valence-corrected chi connectivity index (χ0v) is 9.21. The van der Waals surface area contributed by atoms with Gasteiger partial charge in [0.15, 0.2) is 5.76 Å². The van der Waals surface area contributed by atoms with E-state index in [0.717, 1.165) is 0 Å². The Morgan fingerprint density at radius 1 is 1.15 bits per heavy atom. The minimum absolute atomic E-state index is 0.232. The Balaban J connectivity index is 3.25. The first-order chi connectivity index (χ1) is 6.02. The van der Waals surface area contributed by atoms with E-state index in [1.54, 1.807) is 6.07 Å². The molecule has 0 aromatic heterocycles. The summed E-state index contributed by atoms with van der Waals surface area (Å²) in [7, 11) is 0. The molecule has 0 amide bonds. The molecule has 0 aliphatic carbocycles. The summed E-state index contributed by atoms with van der Waals surface area (Å²) in [5, 5.41) is 10.1. The second-order valence-corrected chi connectivity index (χ2v) is 4.03. The van der Waals surface area contributed by atoms with Gasteiger partial charge >= 0.3 is 0 Å². The van der Waals surface area contributed by atoms with E-state index in [1.807, 2.05) is 0 Å². The van der Waals surface area contributed by atoms with Crippen LogP contribution in [-0.4, -0.2) is 5.11 Å². The number of aliphatic hydroxyl groups excluding tert-OH is 1. The fourth-order valence-electron chi connectivity index (χ4n) is 0.783. The van der Waals surface area contributed by atoms with Gasteiger partial charge in [0.2, 0.25) is 0 Å². The Kier molecular flexibility index (Phi) is 3.74. The Morgan fingerprint density at radius 3 is 2.23 bits per heavy atom. The standard InChI is InChI=1S/C8H4Cl4O/c9-4-1-2-5(6(10)3-4)7(13)8(11)12/h1-3,13H. The first kappa shape index (κ1) is 11.0. The van der Waals surface area contributed by atoms with Crippen LogP contribution in [0, 0.1) is 0 Å². The van der Waals surface area contributed by atoms with Crippen LogP contribution in [0.1, 0.15) is 5.56 Å². The van der Waals surface area contributed by atoms with Crippen LogP contribution in [0.2, 0.25) is 10.0 Å². The van der Waals surface area contributed by atoms with Crippen molar-refractivity contribution in [2.75, 3.05) is 0 Å². The van der Waals surface area contributed by atoms with Crippen LogP contribution < -0.4 is 0 Å². The summed E-state index contributed by atoms with van der Waals surface area (Å²) in [6, 6.07) is 4.60. The van der Waals surface area contributed by atoms with Gasteiger partial charge in [-0.3, -0.25) is 0 Å². The van der Waals surface area contributed by atoms with Gasteiger partial charge in [-0.05, 0) is 18.2 Å². The summed E-state index contributed by atoms with van der Waals surface area (Å²) < 4.78 is -0.232. The third kappa shape index (κ3) is 2.68. The summed E-state index contributed by atoms with van der Waals surface area (Å²) in [4.78, 5) is 0. The summed E-state index contributed by atoms with van der Waals surface area (Å²) >= 11 is 22.2. The highest BCUT2D eigenvalue weighted by Crippen LogP contribution is 2.29. The molecule has 0 saturated heterocycles. The molecular weight excluding hydrogens is 254 g/mol. The van der Waals surface area contributed by atoms with Gasteiger partial charge in [-0.1, -0.05) is 46.4 Å². The van der Waals surface area contributed by atoms with Crippen molar-refractivity contribution in [3.63, 3.8) is 0 Å². The van der Waals surface area contributed by atoms with Crippen LogP contribution in [0.4, 0.5) is 0 Å². The molecule has 1 aromatic rings. The fourth-order valence-corrected chi connectivity index (χ4v) is 1.48. The lowest BCUT2D eigenvalue weighted by atomic mass is 10.2. The van der Waals surface area contributed by atoms with Gasteiger partial charge in [0, 0.05) is 10.6 Å². The molecule has 1 rings (SSSR count). The Hall–Kier alpha value is -0.0800. The van der Waals surface area contributed by atoms with Crippen molar-refractivity contribution in [2.45, 2.75) is 0 Å². The third-order valence-electron chi connectivity index (χ3n) is 1.37. The smallest absolute Gasteiger partial charge is 0.154 e. The normalized spacial score (nSPS) is 9.85. The van der Waals surface area contributed by atoms with Crippen LogP contribution in [-0.2, 0) is 0 Å². The van der Waals surface area contributed by atoms with Crippen LogP contribution in [0.25, 0.3) is 5.76 Å². The first-order valence-electron chi connectivity index (χ1n) is 3.22. The maximum absolute atomic E-state index is 9.36. The lowest BCUT2D eigenvalue weighted by Crippen LogP contribution is -1.84. The molecule has 0 bridgehead atoms. The van der Waals surface area contributed by atoms with E-state index >= 15 is 0 Å². The Labute approximate surface area is 95.5 Å². The minimum atomic E-state index is -0.259. The van der Waals surface area contributed by atoms with Crippen molar-refractivity contribution in [2.24, 2.45) is 0 Å². The van der Waals surface area contributed by atoms with Crippen molar-refractivity contribution in [1.82, 2.24) is 0 Å². The largest absolute Gasteiger partial charge is 0.505 e. The average Bonchev–Trinajstić information content (AvgIpc) is 2.03. The Bertz CT molecular complexity index is 355. The molecule has 0 spiro atoms. The number of rotatable bonds is 1. The number of benzene rings is 1. The van der Waals surface area contributed by atoms with Gasteiger partial charge in [-0.25, -0.2) is 0 Å². The maximum atomic E-state index is 9.36. The first-order valence-corrected chi connectivity index (χ1v) is 4.73. The number of hydrogen-bond donors (Lipinski definition) is 1. The lowest BCUT2D eigenvalue weighted by molar-refractivity contribution is 0.512. The van der Waals surface area contributed by atoms with Crippen molar-refractivity contribution < 1.29 is 5.11 Å². The quantitative estimate of drug-likeness (QED) is 0.726. The molecule has 0 unspecified atom stereocenters. The molecule has 1 nitrogen and oxygen atoms in total. The molecule has 0 aliphatic rings. The summed E-state index contributed by atoms with van der Waals surface area (Å²) in [5.41, 5.74) is 0.353. The van der Waals surface area contributed by atoms with Crippen molar-refractivity contribution >= 4 is 52.2 Å². The molecule has 0 heterocycles.